The normalized spacial score (nSPS) is 17.1. The minimum Gasteiger partial charge on any atom is -0.296 e. The first-order valence-electron chi connectivity index (χ1n) is 8.40. The SMILES string of the molecule is Cc1ccccc1CN1CCN(S(=O)(=O)c2cn(C(F)F)nc2C)CC1. The summed E-state index contributed by atoms with van der Waals surface area (Å²) in [4.78, 5) is 2.05. The van der Waals surface area contributed by atoms with E-state index in [1.165, 1.54) is 22.4 Å². The molecule has 6 nitrogen and oxygen atoms in total. The molecule has 1 aliphatic rings. The lowest BCUT2D eigenvalue weighted by atomic mass is 10.1. The van der Waals surface area contributed by atoms with E-state index in [4.69, 9.17) is 0 Å². The highest BCUT2D eigenvalue weighted by Crippen LogP contribution is 2.23. The molecule has 3 rings (SSSR count). The Morgan fingerprint density at radius 1 is 1.12 bits per heavy atom. The molecular formula is C17H22F2N4O2S. The molecule has 26 heavy (non-hydrogen) atoms. The fraction of sp³-hybridized carbons (Fsp3) is 0.471. The van der Waals surface area contributed by atoms with Gasteiger partial charge in [0.05, 0.1) is 11.9 Å². The number of sulfonamides is 1. The number of aryl methyl sites for hydroxylation is 2. The molecule has 0 amide bonds. The molecule has 1 aromatic carbocycles. The number of alkyl halides is 2. The van der Waals surface area contributed by atoms with Crippen LogP contribution in [0.4, 0.5) is 8.78 Å². The van der Waals surface area contributed by atoms with Gasteiger partial charge in [-0.05, 0) is 25.0 Å². The molecule has 0 bridgehead atoms. The Bertz CT molecular complexity index is 875. The third-order valence-electron chi connectivity index (χ3n) is 4.68. The quantitative estimate of drug-likeness (QED) is 0.794. The van der Waals surface area contributed by atoms with Crippen LogP contribution in [0.1, 0.15) is 23.4 Å². The summed E-state index contributed by atoms with van der Waals surface area (Å²) in [6.07, 6.45) is 0.912. The summed E-state index contributed by atoms with van der Waals surface area (Å²) in [6.45, 7) is 3.23. The van der Waals surface area contributed by atoms with E-state index >= 15 is 0 Å². The van der Waals surface area contributed by atoms with Crippen molar-refractivity contribution in [2.75, 3.05) is 26.2 Å². The van der Waals surface area contributed by atoms with Crippen molar-refractivity contribution in [1.29, 1.82) is 0 Å². The second-order valence-corrected chi connectivity index (χ2v) is 8.35. The number of nitrogens with zero attached hydrogens (tertiary/aromatic N) is 4. The topological polar surface area (TPSA) is 58.4 Å². The number of piperazine rings is 1. The summed E-state index contributed by atoms with van der Waals surface area (Å²) in [5.74, 6) is 0. The van der Waals surface area contributed by atoms with Gasteiger partial charge in [0.2, 0.25) is 10.0 Å². The molecular weight excluding hydrogens is 362 g/mol. The van der Waals surface area contributed by atoms with E-state index in [0.29, 0.717) is 30.9 Å². The molecule has 9 heteroatoms. The standard InChI is InChI=1S/C17H22F2N4O2S/c1-13-5-3-4-6-15(13)11-21-7-9-22(10-8-21)26(24,25)16-12-23(17(18)19)20-14(16)2/h3-6,12,17H,7-11H2,1-2H3. The van der Waals surface area contributed by atoms with Crippen LogP contribution in [0.5, 0.6) is 0 Å². The van der Waals surface area contributed by atoms with Gasteiger partial charge in [-0.15, -0.1) is 0 Å². The van der Waals surface area contributed by atoms with Gasteiger partial charge in [-0.3, -0.25) is 4.90 Å². The van der Waals surface area contributed by atoms with Gasteiger partial charge in [0.15, 0.2) is 0 Å². The predicted molar refractivity (Wildman–Crippen MR) is 93.4 cm³/mol. The van der Waals surface area contributed by atoms with Gasteiger partial charge >= 0.3 is 6.55 Å². The summed E-state index contributed by atoms with van der Waals surface area (Å²) in [5, 5.41) is 3.60. The molecule has 2 aromatic rings. The largest absolute Gasteiger partial charge is 0.333 e. The van der Waals surface area contributed by atoms with E-state index < -0.39 is 16.6 Å². The van der Waals surface area contributed by atoms with Gasteiger partial charge in [0.1, 0.15) is 4.90 Å². The second kappa shape index (κ2) is 7.42. The van der Waals surface area contributed by atoms with Crippen molar-refractivity contribution in [3.8, 4) is 0 Å². The fourth-order valence-corrected chi connectivity index (χ4v) is 4.69. The van der Waals surface area contributed by atoms with E-state index in [0.717, 1.165) is 12.7 Å². The van der Waals surface area contributed by atoms with Gasteiger partial charge in [0.25, 0.3) is 0 Å². The molecule has 142 valence electrons. The Balaban J connectivity index is 1.68. The minimum atomic E-state index is -3.82. The molecule has 0 saturated carbocycles. The van der Waals surface area contributed by atoms with Gasteiger partial charge in [0, 0.05) is 32.7 Å². The Kier molecular flexibility index (Phi) is 5.40. The first-order valence-corrected chi connectivity index (χ1v) is 9.84. The highest BCUT2D eigenvalue weighted by molar-refractivity contribution is 7.89. The summed E-state index contributed by atoms with van der Waals surface area (Å²) in [7, 11) is -3.82. The molecule has 0 atom stereocenters. The van der Waals surface area contributed by atoms with Crippen LogP contribution in [0.25, 0.3) is 0 Å². The maximum Gasteiger partial charge on any atom is 0.333 e. The second-order valence-electron chi connectivity index (χ2n) is 6.44. The third-order valence-corrected chi connectivity index (χ3v) is 6.68. The predicted octanol–water partition coefficient (Wildman–Crippen LogP) is 2.40. The maximum atomic E-state index is 12.8. The zero-order valence-electron chi connectivity index (χ0n) is 14.8. The number of aromatic nitrogens is 2. The molecule has 0 unspecified atom stereocenters. The van der Waals surface area contributed by atoms with Crippen molar-refractivity contribution >= 4 is 10.0 Å². The zero-order chi connectivity index (χ0) is 18.9. The van der Waals surface area contributed by atoms with Crippen LogP contribution in [-0.4, -0.2) is 53.6 Å². The van der Waals surface area contributed by atoms with Crippen molar-refractivity contribution in [1.82, 2.24) is 19.0 Å². The van der Waals surface area contributed by atoms with E-state index in [1.54, 1.807) is 0 Å². The van der Waals surface area contributed by atoms with Crippen LogP contribution in [0.2, 0.25) is 0 Å². The number of halogens is 2. The third kappa shape index (κ3) is 3.79. The van der Waals surface area contributed by atoms with E-state index in [9.17, 15) is 17.2 Å². The van der Waals surface area contributed by atoms with E-state index in [-0.39, 0.29) is 10.6 Å². The van der Waals surface area contributed by atoms with Crippen LogP contribution in [0.15, 0.2) is 35.4 Å². The Morgan fingerprint density at radius 3 is 2.35 bits per heavy atom. The zero-order valence-corrected chi connectivity index (χ0v) is 15.6. The van der Waals surface area contributed by atoms with Crippen LogP contribution in [-0.2, 0) is 16.6 Å². The average Bonchev–Trinajstić information content (AvgIpc) is 3.00. The molecule has 2 heterocycles. The lowest BCUT2D eigenvalue weighted by Gasteiger charge is -2.34. The lowest BCUT2D eigenvalue weighted by Crippen LogP contribution is -2.48. The molecule has 1 aromatic heterocycles. The summed E-state index contributed by atoms with van der Waals surface area (Å²) in [6, 6.07) is 8.11. The van der Waals surface area contributed by atoms with Crippen molar-refractivity contribution in [2.45, 2.75) is 31.8 Å². The van der Waals surface area contributed by atoms with Crippen LogP contribution < -0.4 is 0 Å². The Labute approximate surface area is 152 Å². The molecule has 0 radical (unpaired) electrons. The van der Waals surface area contributed by atoms with Gasteiger partial charge < -0.3 is 0 Å². The van der Waals surface area contributed by atoms with E-state index in [2.05, 4.69) is 29.1 Å². The highest BCUT2D eigenvalue weighted by atomic mass is 32.2. The van der Waals surface area contributed by atoms with Gasteiger partial charge in [-0.1, -0.05) is 24.3 Å². The fourth-order valence-electron chi connectivity index (χ4n) is 3.11. The van der Waals surface area contributed by atoms with E-state index in [1.807, 2.05) is 12.1 Å². The highest BCUT2D eigenvalue weighted by Gasteiger charge is 2.31. The van der Waals surface area contributed by atoms with Crippen molar-refractivity contribution in [2.24, 2.45) is 0 Å². The smallest absolute Gasteiger partial charge is 0.296 e. The Hall–Kier alpha value is -1.84. The number of hydrogen-bond donors (Lipinski definition) is 0. The molecule has 1 fully saturated rings. The lowest BCUT2D eigenvalue weighted by molar-refractivity contribution is 0.0561. The molecule has 1 saturated heterocycles. The molecule has 0 aliphatic carbocycles. The number of hydrogen-bond acceptors (Lipinski definition) is 4. The number of benzene rings is 1. The summed E-state index contributed by atoms with van der Waals surface area (Å²) in [5.41, 5.74) is 2.52. The Morgan fingerprint density at radius 2 is 1.77 bits per heavy atom. The summed E-state index contributed by atoms with van der Waals surface area (Å²) >= 11 is 0. The maximum absolute atomic E-state index is 12.8. The van der Waals surface area contributed by atoms with Crippen molar-refractivity contribution < 1.29 is 17.2 Å². The van der Waals surface area contributed by atoms with Gasteiger partial charge in [-0.2, -0.15) is 18.2 Å². The van der Waals surface area contributed by atoms with Crippen molar-refractivity contribution in [3.05, 3.63) is 47.3 Å². The summed E-state index contributed by atoms with van der Waals surface area (Å²) < 4.78 is 52.8. The first-order chi connectivity index (χ1) is 12.3. The molecule has 0 N–H and O–H groups in total. The molecule has 1 aliphatic heterocycles. The minimum absolute atomic E-state index is 0.0904. The van der Waals surface area contributed by atoms with Crippen LogP contribution >= 0.6 is 0 Å². The number of rotatable bonds is 5. The molecule has 0 spiro atoms. The van der Waals surface area contributed by atoms with Crippen LogP contribution in [0.3, 0.4) is 0 Å². The van der Waals surface area contributed by atoms with Gasteiger partial charge in [-0.25, -0.2) is 13.1 Å². The van der Waals surface area contributed by atoms with Crippen molar-refractivity contribution in [3.63, 3.8) is 0 Å². The first kappa shape index (κ1) is 18.9. The van der Waals surface area contributed by atoms with Crippen LogP contribution in [0, 0.1) is 13.8 Å². The monoisotopic (exact) mass is 384 g/mol. The average molecular weight is 384 g/mol.